The lowest BCUT2D eigenvalue weighted by molar-refractivity contribution is -0.0264. The molecule has 2 unspecified atom stereocenters. The summed E-state index contributed by atoms with van der Waals surface area (Å²) in [4.78, 5) is 6.40. The van der Waals surface area contributed by atoms with Crippen LogP contribution < -0.4 is 0 Å². The van der Waals surface area contributed by atoms with Gasteiger partial charge in [-0.2, -0.15) is 4.98 Å². The quantitative estimate of drug-likeness (QED) is 0.770. The Balaban J connectivity index is 1.92. The Labute approximate surface area is 106 Å². The average Bonchev–Trinajstić information content (AvgIpc) is 2.78. The van der Waals surface area contributed by atoms with Crippen molar-refractivity contribution < 1.29 is 19.1 Å². The Bertz CT molecular complexity index is 371. The summed E-state index contributed by atoms with van der Waals surface area (Å²) in [6.07, 6.45) is -0.484. The molecule has 1 N–H and O–H groups in total. The van der Waals surface area contributed by atoms with Gasteiger partial charge in [0.1, 0.15) is 6.10 Å². The molecule has 1 aromatic rings. The van der Waals surface area contributed by atoms with Crippen LogP contribution in [0.5, 0.6) is 0 Å². The second kappa shape index (κ2) is 6.24. The molecular formula is C11H19N3O4. The number of methoxy groups -OCH3 is 1. The van der Waals surface area contributed by atoms with Gasteiger partial charge < -0.3 is 24.0 Å². The number of hydrogen-bond acceptors (Lipinski definition) is 7. The molecule has 2 atom stereocenters. The number of hydrogen-bond donors (Lipinski definition) is 1. The van der Waals surface area contributed by atoms with Crippen molar-refractivity contribution in [3.63, 3.8) is 0 Å². The van der Waals surface area contributed by atoms with Crippen LogP contribution in [0.25, 0.3) is 0 Å². The van der Waals surface area contributed by atoms with Crippen molar-refractivity contribution in [2.45, 2.75) is 18.6 Å². The van der Waals surface area contributed by atoms with Crippen molar-refractivity contribution in [2.75, 3.05) is 40.5 Å². The molecular weight excluding hydrogens is 238 g/mol. The Kier molecular flexibility index (Phi) is 4.65. The maximum Gasteiger partial charge on any atom is 0.229 e. The first-order chi connectivity index (χ1) is 8.69. The highest BCUT2D eigenvalue weighted by atomic mass is 16.5. The van der Waals surface area contributed by atoms with Gasteiger partial charge in [0, 0.05) is 20.2 Å². The number of likely N-dealkylation sites (N-methyl/N-ethyl adjacent to an activating group) is 1. The first kappa shape index (κ1) is 13.4. The van der Waals surface area contributed by atoms with E-state index < -0.39 is 6.10 Å². The van der Waals surface area contributed by atoms with Crippen molar-refractivity contribution in [3.05, 3.63) is 11.7 Å². The number of aromatic nitrogens is 2. The Morgan fingerprint density at radius 1 is 1.61 bits per heavy atom. The van der Waals surface area contributed by atoms with E-state index in [0.29, 0.717) is 24.7 Å². The van der Waals surface area contributed by atoms with E-state index in [1.54, 1.807) is 0 Å². The molecule has 1 aromatic heterocycles. The Morgan fingerprint density at radius 2 is 2.44 bits per heavy atom. The summed E-state index contributed by atoms with van der Waals surface area (Å²) in [6.45, 7) is 2.57. The summed E-state index contributed by atoms with van der Waals surface area (Å²) in [5, 5.41) is 13.5. The third-order valence-electron chi connectivity index (χ3n) is 2.81. The normalized spacial score (nSPS) is 23.2. The average molecular weight is 257 g/mol. The number of nitrogens with zero attached hydrogens (tertiary/aromatic N) is 3. The topological polar surface area (TPSA) is 80.9 Å². The van der Waals surface area contributed by atoms with E-state index in [1.165, 1.54) is 7.11 Å². The van der Waals surface area contributed by atoms with Crippen molar-refractivity contribution in [1.29, 1.82) is 0 Å². The highest BCUT2D eigenvalue weighted by molar-refractivity contribution is 4.94. The maximum atomic E-state index is 9.57. The summed E-state index contributed by atoms with van der Waals surface area (Å²) < 4.78 is 15.5. The van der Waals surface area contributed by atoms with Gasteiger partial charge in [0.25, 0.3) is 0 Å². The van der Waals surface area contributed by atoms with Gasteiger partial charge >= 0.3 is 0 Å². The van der Waals surface area contributed by atoms with Crippen LogP contribution in [0.1, 0.15) is 17.8 Å². The van der Waals surface area contributed by atoms with Gasteiger partial charge in [-0.1, -0.05) is 5.16 Å². The fraction of sp³-hybridized carbons (Fsp3) is 0.818. The summed E-state index contributed by atoms with van der Waals surface area (Å²) >= 11 is 0. The molecule has 7 heteroatoms. The fourth-order valence-corrected chi connectivity index (χ4v) is 1.87. The molecule has 2 rings (SSSR count). The van der Waals surface area contributed by atoms with E-state index in [-0.39, 0.29) is 12.7 Å². The van der Waals surface area contributed by atoms with Crippen LogP contribution in [0.2, 0.25) is 0 Å². The zero-order valence-electron chi connectivity index (χ0n) is 10.7. The third kappa shape index (κ3) is 3.49. The molecule has 1 aliphatic rings. The van der Waals surface area contributed by atoms with E-state index in [9.17, 15) is 5.11 Å². The van der Waals surface area contributed by atoms with Crippen molar-refractivity contribution in [3.8, 4) is 0 Å². The molecule has 7 nitrogen and oxygen atoms in total. The number of morpholine rings is 1. The Morgan fingerprint density at radius 3 is 3.17 bits per heavy atom. The second-order valence-corrected chi connectivity index (χ2v) is 4.48. The molecule has 18 heavy (non-hydrogen) atoms. The molecule has 0 aromatic carbocycles. The minimum atomic E-state index is -0.627. The SMILES string of the molecule is COCC(O)Cc1nc(C2CN(C)CCO2)no1. The van der Waals surface area contributed by atoms with Crippen LogP contribution in [-0.4, -0.2) is 66.7 Å². The van der Waals surface area contributed by atoms with Gasteiger partial charge in [0.05, 0.1) is 25.7 Å². The standard InChI is InChI=1S/C11H19N3O4/c1-14-3-4-17-9(6-14)11-12-10(18-13-11)5-8(15)7-16-2/h8-9,15H,3-7H2,1-2H3. The lowest BCUT2D eigenvalue weighted by Crippen LogP contribution is -2.35. The van der Waals surface area contributed by atoms with Crippen LogP contribution in [-0.2, 0) is 15.9 Å². The van der Waals surface area contributed by atoms with Crippen molar-refractivity contribution in [2.24, 2.45) is 0 Å². The van der Waals surface area contributed by atoms with Crippen molar-refractivity contribution >= 4 is 0 Å². The molecule has 0 spiro atoms. The lowest BCUT2D eigenvalue weighted by Gasteiger charge is -2.27. The molecule has 1 aliphatic heterocycles. The van der Waals surface area contributed by atoms with E-state index >= 15 is 0 Å². The minimum absolute atomic E-state index is 0.152. The Hall–Kier alpha value is -1.02. The summed E-state index contributed by atoms with van der Waals surface area (Å²) in [5.41, 5.74) is 0. The third-order valence-corrected chi connectivity index (χ3v) is 2.81. The maximum absolute atomic E-state index is 9.57. The van der Waals surface area contributed by atoms with Gasteiger partial charge in [-0.25, -0.2) is 0 Å². The summed E-state index contributed by atoms with van der Waals surface area (Å²) in [5.74, 6) is 0.951. The summed E-state index contributed by atoms with van der Waals surface area (Å²) in [6, 6.07) is 0. The number of aliphatic hydroxyl groups excluding tert-OH is 1. The molecule has 0 radical (unpaired) electrons. The highest BCUT2D eigenvalue weighted by Gasteiger charge is 2.24. The van der Waals surface area contributed by atoms with Crippen LogP contribution in [0.4, 0.5) is 0 Å². The van der Waals surface area contributed by atoms with Crippen LogP contribution in [0, 0.1) is 0 Å². The number of rotatable bonds is 5. The second-order valence-electron chi connectivity index (χ2n) is 4.48. The first-order valence-corrected chi connectivity index (χ1v) is 5.98. The largest absolute Gasteiger partial charge is 0.390 e. The zero-order chi connectivity index (χ0) is 13.0. The van der Waals surface area contributed by atoms with Crippen LogP contribution >= 0.6 is 0 Å². The molecule has 0 bridgehead atoms. The van der Waals surface area contributed by atoms with Gasteiger partial charge in [0.2, 0.25) is 11.7 Å². The fourth-order valence-electron chi connectivity index (χ4n) is 1.87. The number of aliphatic hydroxyl groups is 1. The molecule has 1 fully saturated rings. The van der Waals surface area contributed by atoms with Gasteiger partial charge in [-0.3, -0.25) is 0 Å². The van der Waals surface area contributed by atoms with Crippen LogP contribution in [0.3, 0.4) is 0 Å². The molecule has 0 amide bonds. The number of ether oxygens (including phenoxy) is 2. The van der Waals surface area contributed by atoms with E-state index in [1.807, 2.05) is 7.05 Å². The van der Waals surface area contributed by atoms with Gasteiger partial charge in [-0.15, -0.1) is 0 Å². The first-order valence-electron chi connectivity index (χ1n) is 5.98. The van der Waals surface area contributed by atoms with Crippen molar-refractivity contribution in [1.82, 2.24) is 15.0 Å². The lowest BCUT2D eigenvalue weighted by atomic mass is 10.2. The van der Waals surface area contributed by atoms with Crippen LogP contribution in [0.15, 0.2) is 4.52 Å². The molecule has 102 valence electrons. The predicted octanol–water partition coefficient (Wildman–Crippen LogP) is -0.377. The highest BCUT2D eigenvalue weighted by Crippen LogP contribution is 2.18. The van der Waals surface area contributed by atoms with E-state index in [4.69, 9.17) is 14.0 Å². The monoisotopic (exact) mass is 257 g/mol. The molecule has 0 saturated carbocycles. The van der Waals surface area contributed by atoms with E-state index in [0.717, 1.165) is 13.1 Å². The van der Waals surface area contributed by atoms with Gasteiger partial charge in [-0.05, 0) is 7.05 Å². The predicted molar refractivity (Wildman–Crippen MR) is 62.1 cm³/mol. The summed E-state index contributed by atoms with van der Waals surface area (Å²) in [7, 11) is 3.56. The molecule has 2 heterocycles. The zero-order valence-corrected chi connectivity index (χ0v) is 10.7. The minimum Gasteiger partial charge on any atom is -0.390 e. The molecule has 0 aliphatic carbocycles. The van der Waals surface area contributed by atoms with Gasteiger partial charge in [0.15, 0.2) is 0 Å². The smallest absolute Gasteiger partial charge is 0.229 e. The van der Waals surface area contributed by atoms with E-state index in [2.05, 4.69) is 15.0 Å². The molecule has 1 saturated heterocycles.